The molecule has 2 saturated heterocycles. The number of thioether (sulfide) groups is 1. The minimum absolute atomic E-state index is 0.0648. The van der Waals surface area contributed by atoms with Gasteiger partial charge in [-0.1, -0.05) is 59.9 Å². The van der Waals surface area contributed by atoms with E-state index in [1.807, 2.05) is 12.1 Å². The van der Waals surface area contributed by atoms with Crippen LogP contribution in [0.15, 0.2) is 23.7 Å². The summed E-state index contributed by atoms with van der Waals surface area (Å²) < 4.78 is 0. The van der Waals surface area contributed by atoms with Gasteiger partial charge in [0.25, 0.3) is 5.91 Å². The van der Waals surface area contributed by atoms with E-state index in [4.69, 9.17) is 0 Å². The highest BCUT2D eigenvalue weighted by atomic mass is 32.2. The first-order valence-corrected chi connectivity index (χ1v) is 11.2. The van der Waals surface area contributed by atoms with Crippen LogP contribution < -0.4 is 0 Å². The van der Waals surface area contributed by atoms with Crippen LogP contribution in [-0.4, -0.2) is 59.2 Å². The standard InChI is InChI=1S/C23H35N3O2S/c1-15-26(25-11-9-24(8)10-12-25)21(28)20(29-15)16-13-17(22(2,3)4)19(27)18(14-16)23(5,6)7/h13-14,20,27H,1,9-12H2,2-8H3. The molecule has 29 heavy (non-hydrogen) atoms. The van der Waals surface area contributed by atoms with Gasteiger partial charge in [0.15, 0.2) is 0 Å². The van der Waals surface area contributed by atoms with Gasteiger partial charge in [0.05, 0.1) is 5.03 Å². The molecule has 0 aliphatic carbocycles. The average Bonchev–Trinajstić information content (AvgIpc) is 2.88. The van der Waals surface area contributed by atoms with Gasteiger partial charge in [-0.2, -0.15) is 0 Å². The van der Waals surface area contributed by atoms with Crippen molar-refractivity contribution in [3.8, 4) is 5.75 Å². The molecule has 2 heterocycles. The Bertz CT molecular complexity index is 779. The van der Waals surface area contributed by atoms with Gasteiger partial charge in [-0.3, -0.25) is 4.79 Å². The summed E-state index contributed by atoms with van der Waals surface area (Å²) in [5.74, 6) is 0.411. The van der Waals surface area contributed by atoms with E-state index in [0.29, 0.717) is 5.75 Å². The Morgan fingerprint density at radius 2 is 1.48 bits per heavy atom. The van der Waals surface area contributed by atoms with Gasteiger partial charge in [0, 0.05) is 26.2 Å². The Morgan fingerprint density at radius 1 is 1.00 bits per heavy atom. The Kier molecular flexibility index (Phi) is 5.84. The number of likely N-dealkylation sites (N-methyl/N-ethyl adjacent to an activating group) is 1. The summed E-state index contributed by atoms with van der Waals surface area (Å²) in [4.78, 5) is 15.7. The highest BCUT2D eigenvalue weighted by Gasteiger charge is 2.41. The lowest BCUT2D eigenvalue weighted by Gasteiger charge is -2.37. The molecule has 5 nitrogen and oxygen atoms in total. The van der Waals surface area contributed by atoms with Crippen molar-refractivity contribution in [2.75, 3.05) is 33.2 Å². The Labute approximate surface area is 179 Å². The van der Waals surface area contributed by atoms with Gasteiger partial charge in [-0.25, -0.2) is 10.0 Å². The number of hydrogen-bond acceptors (Lipinski definition) is 5. The van der Waals surface area contributed by atoms with E-state index in [0.717, 1.165) is 47.9 Å². The second-order valence-electron chi connectivity index (χ2n) is 10.3. The third-order valence-corrected chi connectivity index (χ3v) is 6.89. The van der Waals surface area contributed by atoms with E-state index in [-0.39, 0.29) is 22.0 Å². The molecule has 1 aromatic rings. The van der Waals surface area contributed by atoms with Crippen LogP contribution in [-0.2, 0) is 15.6 Å². The zero-order valence-corrected chi connectivity index (χ0v) is 19.7. The molecule has 1 N–H and O–H groups in total. The molecular formula is C23H35N3O2S. The molecule has 0 saturated carbocycles. The molecule has 1 amide bonds. The van der Waals surface area contributed by atoms with E-state index < -0.39 is 0 Å². The highest BCUT2D eigenvalue weighted by Crippen LogP contribution is 2.48. The van der Waals surface area contributed by atoms with Gasteiger partial charge in [0.1, 0.15) is 11.0 Å². The maximum Gasteiger partial charge on any atom is 0.260 e. The molecule has 1 atom stereocenters. The van der Waals surface area contributed by atoms with Gasteiger partial charge < -0.3 is 10.0 Å². The van der Waals surface area contributed by atoms with Crippen LogP contribution in [0, 0.1) is 0 Å². The van der Waals surface area contributed by atoms with Gasteiger partial charge in [-0.05, 0) is 46.7 Å². The SMILES string of the molecule is C=C1SC(c2cc(C(C)(C)C)c(O)c(C(C)(C)C)c2)C(=O)N1N1CCN(C)CC1. The van der Waals surface area contributed by atoms with Crippen molar-refractivity contribution >= 4 is 17.7 Å². The van der Waals surface area contributed by atoms with E-state index >= 15 is 0 Å². The van der Waals surface area contributed by atoms with Crippen molar-refractivity contribution < 1.29 is 9.90 Å². The summed E-state index contributed by atoms with van der Waals surface area (Å²) in [6.07, 6.45) is 0. The number of carbonyl (C=O) groups excluding carboxylic acids is 1. The molecule has 2 aliphatic rings. The average molecular weight is 418 g/mol. The van der Waals surface area contributed by atoms with Gasteiger partial charge in [0.2, 0.25) is 0 Å². The number of nitrogens with zero attached hydrogens (tertiary/aromatic N) is 3. The minimum Gasteiger partial charge on any atom is -0.507 e. The number of rotatable bonds is 2. The lowest BCUT2D eigenvalue weighted by Crippen LogP contribution is -2.52. The third-order valence-electron chi connectivity index (χ3n) is 5.74. The molecule has 2 aliphatic heterocycles. The number of benzene rings is 1. The van der Waals surface area contributed by atoms with Crippen LogP contribution in [0.2, 0.25) is 0 Å². The second kappa shape index (κ2) is 7.64. The molecule has 3 rings (SSSR count). The molecule has 0 spiro atoms. The van der Waals surface area contributed by atoms with Crippen LogP contribution in [0.1, 0.15) is 63.5 Å². The molecule has 2 fully saturated rings. The van der Waals surface area contributed by atoms with Crippen LogP contribution in [0.4, 0.5) is 0 Å². The largest absolute Gasteiger partial charge is 0.507 e. The quantitative estimate of drug-likeness (QED) is 0.780. The zero-order valence-electron chi connectivity index (χ0n) is 18.9. The number of carbonyl (C=O) groups is 1. The smallest absolute Gasteiger partial charge is 0.260 e. The summed E-state index contributed by atoms with van der Waals surface area (Å²) in [5.41, 5.74) is 2.28. The van der Waals surface area contributed by atoms with Crippen molar-refractivity contribution in [2.45, 2.75) is 57.6 Å². The van der Waals surface area contributed by atoms with Gasteiger partial charge in [-0.15, -0.1) is 0 Å². The molecule has 0 radical (unpaired) electrons. The Morgan fingerprint density at radius 3 is 1.93 bits per heavy atom. The molecule has 0 bridgehead atoms. The summed E-state index contributed by atoms with van der Waals surface area (Å²) in [6, 6.07) is 4.03. The van der Waals surface area contributed by atoms with E-state index in [1.165, 1.54) is 11.8 Å². The summed E-state index contributed by atoms with van der Waals surface area (Å²) in [6.45, 7) is 20.3. The minimum atomic E-state index is -0.329. The van der Waals surface area contributed by atoms with E-state index in [1.54, 1.807) is 5.01 Å². The fourth-order valence-electron chi connectivity index (χ4n) is 3.93. The number of hydrogen-bond donors (Lipinski definition) is 1. The lowest BCUT2D eigenvalue weighted by atomic mass is 9.78. The normalized spacial score (nSPS) is 22.6. The number of hydrazine groups is 1. The first-order valence-electron chi connectivity index (χ1n) is 10.3. The number of aromatic hydroxyl groups is 1. The fourth-order valence-corrected chi connectivity index (χ4v) is 4.98. The molecule has 0 aromatic heterocycles. The van der Waals surface area contributed by atoms with Crippen LogP contribution in [0.25, 0.3) is 0 Å². The second-order valence-corrected chi connectivity index (χ2v) is 11.4. The third kappa shape index (κ3) is 4.35. The topological polar surface area (TPSA) is 47.0 Å². The summed E-state index contributed by atoms with van der Waals surface area (Å²) in [7, 11) is 2.11. The number of phenols is 1. The first-order chi connectivity index (χ1) is 13.3. The maximum absolute atomic E-state index is 13.4. The van der Waals surface area contributed by atoms with Crippen LogP contribution in [0.3, 0.4) is 0 Å². The Balaban J connectivity index is 2.00. The summed E-state index contributed by atoms with van der Waals surface area (Å²) >= 11 is 1.52. The summed E-state index contributed by atoms with van der Waals surface area (Å²) in [5, 5.41) is 15.3. The monoisotopic (exact) mass is 417 g/mol. The van der Waals surface area contributed by atoms with E-state index in [9.17, 15) is 9.90 Å². The predicted molar refractivity (Wildman–Crippen MR) is 121 cm³/mol. The van der Waals surface area contributed by atoms with Crippen molar-refractivity contribution in [1.29, 1.82) is 0 Å². The number of amides is 1. The highest BCUT2D eigenvalue weighted by molar-refractivity contribution is 8.04. The first kappa shape index (κ1) is 22.2. The number of piperazine rings is 1. The van der Waals surface area contributed by atoms with Crippen molar-refractivity contribution in [1.82, 2.24) is 14.9 Å². The van der Waals surface area contributed by atoms with Crippen molar-refractivity contribution in [3.63, 3.8) is 0 Å². The van der Waals surface area contributed by atoms with Crippen LogP contribution >= 0.6 is 11.8 Å². The maximum atomic E-state index is 13.4. The van der Waals surface area contributed by atoms with Crippen LogP contribution in [0.5, 0.6) is 5.75 Å². The van der Waals surface area contributed by atoms with E-state index in [2.05, 4.69) is 65.1 Å². The predicted octanol–water partition coefficient (Wildman–Crippen LogP) is 4.24. The number of phenolic OH excluding ortho intramolecular Hbond substituents is 1. The molecule has 6 heteroatoms. The van der Waals surface area contributed by atoms with Crippen molar-refractivity contribution in [3.05, 3.63) is 40.4 Å². The molecule has 1 unspecified atom stereocenters. The molecular weight excluding hydrogens is 382 g/mol. The van der Waals surface area contributed by atoms with Gasteiger partial charge >= 0.3 is 0 Å². The van der Waals surface area contributed by atoms with Crippen molar-refractivity contribution in [2.24, 2.45) is 0 Å². The molecule has 1 aromatic carbocycles. The fraction of sp³-hybridized carbons (Fsp3) is 0.609. The lowest BCUT2D eigenvalue weighted by molar-refractivity contribution is -0.143. The zero-order chi connectivity index (χ0) is 21.7. The Hall–Kier alpha value is -1.50. The molecule has 160 valence electrons.